The van der Waals surface area contributed by atoms with Crippen LogP contribution in [-0.4, -0.2) is 25.0 Å². The summed E-state index contributed by atoms with van der Waals surface area (Å²) in [6, 6.07) is 13.6. The fourth-order valence-corrected chi connectivity index (χ4v) is 3.97. The first-order chi connectivity index (χ1) is 13.2. The van der Waals surface area contributed by atoms with E-state index in [0.717, 1.165) is 24.2 Å². The van der Waals surface area contributed by atoms with Crippen LogP contribution in [-0.2, 0) is 22.4 Å². The molecule has 27 heavy (non-hydrogen) atoms. The molecule has 0 aromatic heterocycles. The quantitative estimate of drug-likeness (QED) is 0.882. The minimum absolute atomic E-state index is 0.0451. The average molecular weight is 364 g/mol. The summed E-state index contributed by atoms with van der Waals surface area (Å²) in [4.78, 5) is 26.9. The van der Waals surface area contributed by atoms with Gasteiger partial charge in [0.25, 0.3) is 0 Å². The van der Waals surface area contributed by atoms with Gasteiger partial charge in [-0.2, -0.15) is 0 Å². The zero-order chi connectivity index (χ0) is 18.8. The van der Waals surface area contributed by atoms with Crippen molar-refractivity contribution in [3.8, 4) is 5.75 Å². The number of anilines is 2. The molecular formula is C22H24N2O3. The Morgan fingerprint density at radius 3 is 2.85 bits per heavy atom. The third-order valence-electron chi connectivity index (χ3n) is 5.32. The van der Waals surface area contributed by atoms with Gasteiger partial charge in [-0.1, -0.05) is 18.2 Å². The number of ether oxygens (including phenoxy) is 1. The highest BCUT2D eigenvalue weighted by atomic mass is 16.5. The molecule has 1 saturated heterocycles. The van der Waals surface area contributed by atoms with E-state index in [9.17, 15) is 9.59 Å². The number of carbonyl (C=O) groups excluding carboxylic acids is 2. The van der Waals surface area contributed by atoms with Crippen molar-refractivity contribution in [3.05, 3.63) is 53.6 Å². The van der Waals surface area contributed by atoms with Crippen LogP contribution >= 0.6 is 0 Å². The van der Waals surface area contributed by atoms with Crippen molar-refractivity contribution < 1.29 is 14.3 Å². The third kappa shape index (κ3) is 3.54. The summed E-state index contributed by atoms with van der Waals surface area (Å²) < 4.78 is 5.64. The van der Waals surface area contributed by atoms with Crippen molar-refractivity contribution in [2.75, 3.05) is 23.4 Å². The molecule has 2 aromatic rings. The number of nitrogens with zero attached hydrogens (tertiary/aromatic N) is 1. The third-order valence-corrected chi connectivity index (χ3v) is 5.32. The first-order valence-corrected chi connectivity index (χ1v) is 9.60. The standard InChI is InChI=1S/C22H24N2O3/c1-2-27-20-9-4-3-8-19(20)24-14-17(13-21(24)25)22(26)23-18-11-10-15-6-5-7-16(15)12-18/h3-4,8-12,17H,2,5-7,13-14H2,1H3,(H,23,26)/t17-/m1/s1. The molecule has 1 fully saturated rings. The molecule has 4 rings (SSSR count). The molecule has 1 aliphatic heterocycles. The Hall–Kier alpha value is -2.82. The lowest BCUT2D eigenvalue weighted by Gasteiger charge is -2.20. The van der Waals surface area contributed by atoms with Crippen molar-refractivity contribution in [2.45, 2.75) is 32.6 Å². The molecule has 5 heteroatoms. The Morgan fingerprint density at radius 1 is 1.19 bits per heavy atom. The minimum atomic E-state index is -0.361. The molecule has 1 heterocycles. The molecule has 0 unspecified atom stereocenters. The Morgan fingerprint density at radius 2 is 2.00 bits per heavy atom. The maximum atomic E-state index is 12.7. The van der Waals surface area contributed by atoms with Gasteiger partial charge in [0.15, 0.2) is 0 Å². The van der Waals surface area contributed by atoms with Gasteiger partial charge in [0.2, 0.25) is 11.8 Å². The Kier molecular flexibility index (Phi) is 4.84. The molecule has 2 aliphatic rings. The first kappa shape index (κ1) is 17.6. The zero-order valence-electron chi connectivity index (χ0n) is 15.5. The lowest BCUT2D eigenvalue weighted by atomic mass is 10.1. The summed E-state index contributed by atoms with van der Waals surface area (Å²) in [6.45, 7) is 2.82. The summed E-state index contributed by atoms with van der Waals surface area (Å²) in [7, 11) is 0. The van der Waals surface area contributed by atoms with Crippen LogP contribution in [0.15, 0.2) is 42.5 Å². The van der Waals surface area contributed by atoms with E-state index >= 15 is 0 Å². The van der Waals surface area contributed by atoms with E-state index in [1.807, 2.05) is 37.3 Å². The number of rotatable bonds is 5. The molecule has 0 radical (unpaired) electrons. The molecule has 0 spiro atoms. The van der Waals surface area contributed by atoms with Crippen molar-refractivity contribution in [1.82, 2.24) is 0 Å². The number of benzene rings is 2. The normalized spacial score (nSPS) is 18.5. The van der Waals surface area contributed by atoms with Gasteiger partial charge in [-0.3, -0.25) is 9.59 Å². The highest BCUT2D eigenvalue weighted by molar-refractivity contribution is 6.04. The van der Waals surface area contributed by atoms with Gasteiger partial charge in [-0.25, -0.2) is 0 Å². The van der Waals surface area contributed by atoms with Gasteiger partial charge in [-0.05, 0) is 61.6 Å². The van der Waals surface area contributed by atoms with Crippen LogP contribution in [0.2, 0.25) is 0 Å². The van der Waals surface area contributed by atoms with Crippen LogP contribution in [0.5, 0.6) is 5.75 Å². The van der Waals surface area contributed by atoms with E-state index in [1.165, 1.54) is 17.5 Å². The fourth-order valence-electron chi connectivity index (χ4n) is 3.97. The summed E-state index contributed by atoms with van der Waals surface area (Å²) in [5, 5.41) is 3.00. The van der Waals surface area contributed by atoms with E-state index in [-0.39, 0.29) is 24.2 Å². The van der Waals surface area contributed by atoms with Crippen molar-refractivity contribution in [1.29, 1.82) is 0 Å². The number of aryl methyl sites for hydroxylation is 2. The fraction of sp³-hybridized carbons (Fsp3) is 0.364. The maximum absolute atomic E-state index is 12.7. The second-order valence-electron chi connectivity index (χ2n) is 7.13. The lowest BCUT2D eigenvalue weighted by Crippen LogP contribution is -2.28. The smallest absolute Gasteiger partial charge is 0.229 e. The summed E-state index contributed by atoms with van der Waals surface area (Å²) in [5.41, 5.74) is 4.25. The molecule has 0 saturated carbocycles. The molecule has 1 N–H and O–H groups in total. The topological polar surface area (TPSA) is 58.6 Å². The molecule has 1 aliphatic carbocycles. The predicted molar refractivity (Wildman–Crippen MR) is 105 cm³/mol. The number of hydrogen-bond donors (Lipinski definition) is 1. The highest BCUT2D eigenvalue weighted by Crippen LogP contribution is 2.33. The second-order valence-corrected chi connectivity index (χ2v) is 7.13. The van der Waals surface area contributed by atoms with Crippen molar-refractivity contribution in [3.63, 3.8) is 0 Å². The highest BCUT2D eigenvalue weighted by Gasteiger charge is 2.36. The van der Waals surface area contributed by atoms with Crippen LogP contribution in [0.25, 0.3) is 0 Å². The Balaban J connectivity index is 1.47. The van der Waals surface area contributed by atoms with Crippen LogP contribution in [0.1, 0.15) is 30.9 Å². The van der Waals surface area contributed by atoms with Gasteiger partial charge in [0.1, 0.15) is 5.75 Å². The van der Waals surface area contributed by atoms with Crippen LogP contribution in [0, 0.1) is 5.92 Å². The van der Waals surface area contributed by atoms with Crippen molar-refractivity contribution in [2.24, 2.45) is 5.92 Å². The van der Waals surface area contributed by atoms with Crippen LogP contribution < -0.4 is 15.0 Å². The predicted octanol–water partition coefficient (Wildman–Crippen LogP) is 3.57. The SMILES string of the molecule is CCOc1ccccc1N1C[C@H](C(=O)Nc2ccc3c(c2)CCC3)CC1=O. The second kappa shape index (κ2) is 7.43. The molecule has 0 bridgehead atoms. The zero-order valence-corrected chi connectivity index (χ0v) is 15.5. The minimum Gasteiger partial charge on any atom is -0.492 e. The summed E-state index contributed by atoms with van der Waals surface area (Å²) in [6.07, 6.45) is 3.59. The number of carbonyl (C=O) groups is 2. The average Bonchev–Trinajstić information content (AvgIpc) is 3.28. The first-order valence-electron chi connectivity index (χ1n) is 9.60. The Labute approximate surface area is 159 Å². The lowest BCUT2D eigenvalue weighted by molar-refractivity contribution is -0.122. The van der Waals surface area contributed by atoms with Gasteiger partial charge < -0.3 is 15.0 Å². The molecule has 1 atom stereocenters. The number of fused-ring (bicyclic) bond motifs is 1. The van der Waals surface area contributed by atoms with E-state index in [1.54, 1.807) is 4.90 Å². The monoisotopic (exact) mass is 364 g/mol. The van der Waals surface area contributed by atoms with E-state index in [4.69, 9.17) is 4.74 Å². The summed E-state index contributed by atoms with van der Waals surface area (Å²) >= 11 is 0. The van der Waals surface area contributed by atoms with Gasteiger partial charge in [0, 0.05) is 18.7 Å². The van der Waals surface area contributed by atoms with Crippen LogP contribution in [0.4, 0.5) is 11.4 Å². The van der Waals surface area contributed by atoms with Crippen molar-refractivity contribution >= 4 is 23.2 Å². The molecule has 2 amide bonds. The Bertz CT molecular complexity index is 878. The number of hydrogen-bond acceptors (Lipinski definition) is 3. The molecule has 5 nitrogen and oxygen atoms in total. The summed E-state index contributed by atoms with van der Waals surface area (Å²) in [5.74, 6) is 0.169. The largest absolute Gasteiger partial charge is 0.492 e. The van der Waals surface area contributed by atoms with E-state index < -0.39 is 0 Å². The van der Waals surface area contributed by atoms with Gasteiger partial charge in [-0.15, -0.1) is 0 Å². The van der Waals surface area contributed by atoms with E-state index in [2.05, 4.69) is 17.4 Å². The molecule has 140 valence electrons. The molecular weight excluding hydrogens is 340 g/mol. The van der Waals surface area contributed by atoms with Gasteiger partial charge >= 0.3 is 0 Å². The van der Waals surface area contributed by atoms with E-state index in [0.29, 0.717) is 18.9 Å². The number of amides is 2. The number of para-hydroxylation sites is 2. The number of nitrogens with one attached hydrogen (secondary N) is 1. The van der Waals surface area contributed by atoms with Gasteiger partial charge in [0.05, 0.1) is 18.2 Å². The maximum Gasteiger partial charge on any atom is 0.229 e. The van der Waals surface area contributed by atoms with Crippen LogP contribution in [0.3, 0.4) is 0 Å². The molecule has 2 aromatic carbocycles.